The number of nitrogens with zero attached hydrogens (tertiary/aromatic N) is 1. The van der Waals surface area contributed by atoms with E-state index in [-0.39, 0.29) is 18.0 Å². The topological polar surface area (TPSA) is 78.5 Å². The zero-order chi connectivity index (χ0) is 24.4. The van der Waals surface area contributed by atoms with Gasteiger partial charge in [-0.3, -0.25) is 14.5 Å². The van der Waals surface area contributed by atoms with Crippen molar-refractivity contribution in [2.24, 2.45) is 17.8 Å². The molecule has 182 valence electrons. The normalized spacial score (nSPS) is 30.5. The van der Waals surface area contributed by atoms with Crippen LogP contribution in [0.25, 0.3) is 0 Å². The van der Waals surface area contributed by atoms with Gasteiger partial charge in [-0.2, -0.15) is 0 Å². The molecular weight excluding hydrogens is 438 g/mol. The second-order valence-electron chi connectivity index (χ2n) is 11.5. The van der Waals surface area contributed by atoms with Crippen LogP contribution in [-0.4, -0.2) is 34.8 Å². The predicted octanol–water partition coefficient (Wildman–Crippen LogP) is 4.18. The van der Waals surface area contributed by atoms with Crippen LogP contribution in [-0.2, 0) is 15.1 Å². The Balaban J connectivity index is 1.28. The monoisotopic (exact) mass is 471 g/mol. The lowest BCUT2D eigenvalue weighted by molar-refractivity contribution is -0.136. The number of rotatable bonds is 5. The van der Waals surface area contributed by atoms with Gasteiger partial charge in [-0.1, -0.05) is 59.7 Å². The van der Waals surface area contributed by atoms with Crippen molar-refractivity contribution in [3.05, 3.63) is 70.8 Å². The van der Waals surface area contributed by atoms with E-state index in [2.05, 4.69) is 10.6 Å². The van der Waals surface area contributed by atoms with Crippen molar-refractivity contribution in [1.29, 1.82) is 0 Å². The van der Waals surface area contributed by atoms with Crippen LogP contribution in [0.2, 0.25) is 0 Å². The predicted molar refractivity (Wildman–Crippen MR) is 132 cm³/mol. The van der Waals surface area contributed by atoms with Crippen LogP contribution in [0.1, 0.15) is 60.8 Å². The van der Waals surface area contributed by atoms with Gasteiger partial charge in [0, 0.05) is 5.54 Å². The Morgan fingerprint density at radius 2 is 1.31 bits per heavy atom. The molecule has 0 spiro atoms. The number of carbonyl (C=O) groups is 3. The van der Waals surface area contributed by atoms with E-state index in [1.807, 2.05) is 62.4 Å². The lowest BCUT2D eigenvalue weighted by atomic mass is 9.53. The van der Waals surface area contributed by atoms with Crippen molar-refractivity contribution in [3.63, 3.8) is 0 Å². The quantitative estimate of drug-likeness (QED) is 0.642. The molecule has 35 heavy (non-hydrogen) atoms. The minimum absolute atomic E-state index is 0.157. The summed E-state index contributed by atoms with van der Waals surface area (Å²) in [7, 11) is 0. The van der Waals surface area contributed by atoms with Crippen LogP contribution in [0.15, 0.2) is 48.5 Å². The van der Waals surface area contributed by atoms with Gasteiger partial charge in [0.25, 0.3) is 5.91 Å². The molecule has 4 amide bonds. The number of benzene rings is 2. The van der Waals surface area contributed by atoms with Crippen LogP contribution in [0.5, 0.6) is 0 Å². The molecule has 1 heterocycles. The fourth-order valence-electron chi connectivity index (χ4n) is 7.63. The summed E-state index contributed by atoms with van der Waals surface area (Å²) in [4.78, 5) is 41.5. The number of carbonyl (C=O) groups excluding carboxylic acids is 3. The number of aryl methyl sites for hydroxylation is 2. The van der Waals surface area contributed by atoms with Crippen molar-refractivity contribution in [1.82, 2.24) is 15.5 Å². The molecule has 6 heteroatoms. The van der Waals surface area contributed by atoms with Gasteiger partial charge < -0.3 is 10.6 Å². The van der Waals surface area contributed by atoms with Crippen molar-refractivity contribution in [2.75, 3.05) is 6.54 Å². The van der Waals surface area contributed by atoms with Gasteiger partial charge in [0.15, 0.2) is 5.54 Å². The van der Waals surface area contributed by atoms with Gasteiger partial charge >= 0.3 is 6.03 Å². The van der Waals surface area contributed by atoms with Crippen molar-refractivity contribution >= 4 is 17.8 Å². The second-order valence-corrected chi connectivity index (χ2v) is 11.5. The van der Waals surface area contributed by atoms with Gasteiger partial charge in [0.1, 0.15) is 6.54 Å². The lowest BCUT2D eigenvalue weighted by Crippen LogP contribution is -2.61. The van der Waals surface area contributed by atoms with Gasteiger partial charge in [0.05, 0.1) is 0 Å². The van der Waals surface area contributed by atoms with Gasteiger partial charge in [-0.15, -0.1) is 0 Å². The molecule has 1 aliphatic heterocycles. The summed E-state index contributed by atoms with van der Waals surface area (Å²) in [5.41, 5.74) is 2.01. The number of amides is 4. The average Bonchev–Trinajstić information content (AvgIpc) is 3.04. The molecule has 2 aromatic carbocycles. The Labute approximate surface area is 206 Å². The van der Waals surface area contributed by atoms with Crippen LogP contribution >= 0.6 is 0 Å². The average molecular weight is 472 g/mol. The summed E-state index contributed by atoms with van der Waals surface area (Å²) >= 11 is 0. The maximum atomic E-state index is 14.0. The SMILES string of the molecule is Cc1ccc(C2(c3ccc(C)cc3)NC(=O)N(CC(=O)NC34CC5CC(CC(C5)C3)C4)C2=O)cc1. The highest BCUT2D eigenvalue weighted by Crippen LogP contribution is 2.55. The van der Waals surface area contributed by atoms with E-state index in [4.69, 9.17) is 0 Å². The number of imide groups is 1. The molecular formula is C29H33N3O3. The minimum atomic E-state index is -1.35. The summed E-state index contributed by atoms with van der Waals surface area (Å²) < 4.78 is 0. The number of nitrogens with one attached hydrogen (secondary N) is 2. The van der Waals surface area contributed by atoms with Crippen LogP contribution in [0.3, 0.4) is 0 Å². The number of urea groups is 1. The molecule has 2 N–H and O–H groups in total. The van der Waals surface area contributed by atoms with E-state index < -0.39 is 17.5 Å². The molecule has 4 bridgehead atoms. The third-order valence-corrected chi connectivity index (χ3v) is 8.82. The molecule has 1 saturated heterocycles. The van der Waals surface area contributed by atoms with Crippen molar-refractivity contribution in [3.8, 4) is 0 Å². The molecule has 2 aromatic rings. The molecule has 4 saturated carbocycles. The minimum Gasteiger partial charge on any atom is -0.349 e. The third kappa shape index (κ3) is 3.65. The lowest BCUT2D eigenvalue weighted by Gasteiger charge is -2.56. The molecule has 7 rings (SSSR count). The second kappa shape index (κ2) is 7.94. The van der Waals surface area contributed by atoms with Gasteiger partial charge in [-0.25, -0.2) is 4.79 Å². The Hall–Kier alpha value is -3.15. The zero-order valence-electron chi connectivity index (χ0n) is 20.5. The van der Waals surface area contributed by atoms with E-state index >= 15 is 0 Å². The molecule has 5 fully saturated rings. The Morgan fingerprint density at radius 3 is 1.77 bits per heavy atom. The van der Waals surface area contributed by atoms with Crippen LogP contribution in [0, 0.1) is 31.6 Å². The Morgan fingerprint density at radius 1 is 0.857 bits per heavy atom. The molecule has 0 aromatic heterocycles. The van der Waals surface area contributed by atoms with Crippen molar-refractivity contribution in [2.45, 2.75) is 63.5 Å². The smallest absolute Gasteiger partial charge is 0.326 e. The molecule has 4 aliphatic carbocycles. The van der Waals surface area contributed by atoms with Crippen LogP contribution in [0.4, 0.5) is 4.79 Å². The number of hydrogen-bond acceptors (Lipinski definition) is 3. The summed E-state index contributed by atoms with van der Waals surface area (Å²) in [5.74, 6) is 1.46. The summed E-state index contributed by atoms with van der Waals surface area (Å²) in [6, 6.07) is 14.7. The van der Waals surface area contributed by atoms with Gasteiger partial charge in [0.2, 0.25) is 5.91 Å². The maximum absolute atomic E-state index is 14.0. The number of hydrogen-bond donors (Lipinski definition) is 2. The molecule has 6 nitrogen and oxygen atoms in total. The molecule has 0 radical (unpaired) electrons. The highest BCUT2D eigenvalue weighted by atomic mass is 16.2. The first-order valence-electron chi connectivity index (χ1n) is 12.9. The first-order chi connectivity index (χ1) is 16.8. The fourth-order valence-corrected chi connectivity index (χ4v) is 7.63. The van der Waals surface area contributed by atoms with E-state index in [0.29, 0.717) is 28.9 Å². The van der Waals surface area contributed by atoms with Crippen molar-refractivity contribution < 1.29 is 14.4 Å². The zero-order valence-corrected chi connectivity index (χ0v) is 20.5. The Bertz CT molecular complexity index is 1100. The first kappa shape index (κ1) is 22.3. The van der Waals surface area contributed by atoms with E-state index in [0.717, 1.165) is 35.3 Å². The van der Waals surface area contributed by atoms with Crippen LogP contribution < -0.4 is 10.6 Å². The van der Waals surface area contributed by atoms with E-state index in [1.54, 1.807) is 0 Å². The molecule has 5 aliphatic rings. The summed E-state index contributed by atoms with van der Waals surface area (Å²) in [6.45, 7) is 3.71. The fraction of sp³-hybridized carbons (Fsp3) is 0.483. The molecule has 0 atom stereocenters. The summed E-state index contributed by atoms with van der Waals surface area (Å²) in [5, 5.41) is 6.26. The highest BCUT2D eigenvalue weighted by Gasteiger charge is 2.55. The van der Waals surface area contributed by atoms with Gasteiger partial charge in [-0.05, 0) is 81.3 Å². The standard InChI is InChI=1S/C29H33N3O3/c1-18-3-7-23(8-4-18)29(24-9-5-19(2)6-10-24)26(34)32(27(35)31-29)17-25(33)30-28-14-20-11-21(15-28)13-22(12-20)16-28/h3-10,20-22H,11-17H2,1-2H3,(H,30,33)(H,31,35). The molecule has 0 unspecified atom stereocenters. The largest absolute Gasteiger partial charge is 0.349 e. The van der Waals surface area contributed by atoms with E-state index in [1.165, 1.54) is 19.3 Å². The highest BCUT2D eigenvalue weighted by molar-refractivity contribution is 6.11. The Kier molecular flexibility index (Phi) is 5.06. The summed E-state index contributed by atoms with van der Waals surface area (Å²) in [6.07, 6.45) is 6.96. The van der Waals surface area contributed by atoms with E-state index in [9.17, 15) is 14.4 Å². The third-order valence-electron chi connectivity index (χ3n) is 8.82. The maximum Gasteiger partial charge on any atom is 0.326 e. The first-order valence-corrected chi connectivity index (χ1v) is 12.9.